The second kappa shape index (κ2) is 6.78. The van der Waals surface area contributed by atoms with Crippen molar-refractivity contribution in [1.82, 2.24) is 15.5 Å². The van der Waals surface area contributed by atoms with Gasteiger partial charge >= 0.3 is 0 Å². The van der Waals surface area contributed by atoms with Crippen molar-refractivity contribution < 1.29 is 4.52 Å². The molecule has 0 aliphatic rings. The van der Waals surface area contributed by atoms with E-state index >= 15 is 0 Å². The van der Waals surface area contributed by atoms with Gasteiger partial charge in [-0.3, -0.25) is 0 Å². The molecule has 0 radical (unpaired) electrons. The van der Waals surface area contributed by atoms with Crippen molar-refractivity contribution in [3.63, 3.8) is 0 Å². The summed E-state index contributed by atoms with van der Waals surface area (Å²) in [5, 5.41) is 7.80. The van der Waals surface area contributed by atoms with E-state index in [2.05, 4.69) is 15.5 Å². The number of hydrogen-bond acceptors (Lipinski definition) is 5. The summed E-state index contributed by atoms with van der Waals surface area (Å²) in [4.78, 5) is 5.39. The Morgan fingerprint density at radius 1 is 1.44 bits per heavy atom. The molecule has 2 aromatic rings. The van der Waals surface area contributed by atoms with Gasteiger partial charge in [-0.15, -0.1) is 11.8 Å². The Morgan fingerprint density at radius 2 is 2.33 bits per heavy atom. The van der Waals surface area contributed by atoms with Gasteiger partial charge in [-0.1, -0.05) is 29.7 Å². The zero-order valence-electron chi connectivity index (χ0n) is 10.0. The molecule has 0 aliphatic carbocycles. The van der Waals surface area contributed by atoms with Gasteiger partial charge in [0.15, 0.2) is 5.82 Å². The van der Waals surface area contributed by atoms with Gasteiger partial charge in [0.2, 0.25) is 5.89 Å². The van der Waals surface area contributed by atoms with Crippen molar-refractivity contribution in [1.29, 1.82) is 0 Å². The quantitative estimate of drug-likeness (QED) is 0.826. The van der Waals surface area contributed by atoms with Crippen molar-refractivity contribution in [3.05, 3.63) is 41.0 Å². The van der Waals surface area contributed by atoms with Crippen LogP contribution in [0.2, 0.25) is 5.02 Å². The molecule has 0 saturated carbocycles. The van der Waals surface area contributed by atoms with E-state index < -0.39 is 0 Å². The third-order valence-corrected chi connectivity index (χ3v) is 3.43. The Kier molecular flexibility index (Phi) is 5.04. The first-order valence-electron chi connectivity index (χ1n) is 5.68. The van der Waals surface area contributed by atoms with Crippen LogP contribution in [0.4, 0.5) is 0 Å². The van der Waals surface area contributed by atoms with Crippen LogP contribution in [0.3, 0.4) is 0 Å². The van der Waals surface area contributed by atoms with E-state index in [1.165, 1.54) is 0 Å². The maximum absolute atomic E-state index is 5.92. The summed E-state index contributed by atoms with van der Waals surface area (Å²) in [6.45, 7) is 3.53. The van der Waals surface area contributed by atoms with E-state index in [-0.39, 0.29) is 0 Å². The molecule has 18 heavy (non-hydrogen) atoms. The Balaban J connectivity index is 1.88. The Morgan fingerprint density at radius 3 is 3.11 bits per heavy atom. The molecule has 0 aliphatic heterocycles. The van der Waals surface area contributed by atoms with Crippen LogP contribution in [-0.2, 0) is 12.3 Å². The monoisotopic (exact) mass is 283 g/mol. The number of nitrogens with zero attached hydrogens (tertiary/aromatic N) is 2. The highest BCUT2D eigenvalue weighted by atomic mass is 35.5. The van der Waals surface area contributed by atoms with E-state index in [9.17, 15) is 0 Å². The SMILES string of the molecule is CCNCc1nc(CSc2cccc(Cl)c2)no1. The molecule has 0 saturated heterocycles. The molecular formula is C12H14ClN3OS. The minimum atomic E-state index is 0.616. The number of halogens is 1. The summed E-state index contributed by atoms with van der Waals surface area (Å²) in [6, 6.07) is 7.72. The fourth-order valence-electron chi connectivity index (χ4n) is 1.36. The zero-order chi connectivity index (χ0) is 12.8. The standard InChI is InChI=1S/C12H14ClN3OS/c1-2-14-7-12-15-11(16-17-12)8-18-10-5-3-4-9(13)6-10/h3-6,14H,2,7-8H2,1H3. The van der Waals surface area contributed by atoms with Crippen LogP contribution < -0.4 is 5.32 Å². The lowest BCUT2D eigenvalue weighted by Crippen LogP contribution is -2.11. The first kappa shape index (κ1) is 13.4. The van der Waals surface area contributed by atoms with Crippen LogP contribution in [0.5, 0.6) is 0 Å². The van der Waals surface area contributed by atoms with Crippen molar-refractivity contribution in [2.75, 3.05) is 6.54 Å². The number of hydrogen-bond donors (Lipinski definition) is 1. The largest absolute Gasteiger partial charge is 0.338 e. The molecular weight excluding hydrogens is 270 g/mol. The number of rotatable bonds is 6. The number of thioether (sulfide) groups is 1. The molecule has 2 rings (SSSR count). The summed E-state index contributed by atoms with van der Waals surface area (Å²) in [7, 11) is 0. The summed E-state index contributed by atoms with van der Waals surface area (Å²) in [5.74, 6) is 2.00. The molecule has 0 fully saturated rings. The van der Waals surface area contributed by atoms with Crippen LogP contribution in [0.25, 0.3) is 0 Å². The van der Waals surface area contributed by atoms with Crippen LogP contribution in [0.15, 0.2) is 33.7 Å². The predicted octanol–water partition coefficient (Wildman–Crippen LogP) is 3.12. The van der Waals surface area contributed by atoms with Gasteiger partial charge in [0, 0.05) is 9.92 Å². The second-order valence-electron chi connectivity index (χ2n) is 3.63. The molecule has 96 valence electrons. The van der Waals surface area contributed by atoms with Crippen molar-refractivity contribution >= 4 is 23.4 Å². The Bertz CT molecular complexity index is 504. The smallest absolute Gasteiger partial charge is 0.240 e. The number of nitrogens with one attached hydrogen (secondary N) is 1. The van der Waals surface area contributed by atoms with Gasteiger partial charge in [-0.25, -0.2) is 0 Å². The maximum Gasteiger partial charge on any atom is 0.240 e. The predicted molar refractivity (Wildman–Crippen MR) is 72.7 cm³/mol. The molecule has 1 aromatic carbocycles. The molecule has 0 unspecified atom stereocenters. The topological polar surface area (TPSA) is 51.0 Å². The third kappa shape index (κ3) is 4.01. The second-order valence-corrected chi connectivity index (χ2v) is 5.12. The van der Waals surface area contributed by atoms with Crippen molar-refractivity contribution in [2.24, 2.45) is 0 Å². The Hall–Kier alpha value is -1.04. The molecule has 0 bridgehead atoms. The van der Waals surface area contributed by atoms with E-state index in [0.29, 0.717) is 24.0 Å². The van der Waals surface area contributed by atoms with Crippen LogP contribution in [-0.4, -0.2) is 16.7 Å². The number of aromatic nitrogens is 2. The lowest BCUT2D eigenvalue weighted by molar-refractivity contribution is 0.365. The molecule has 6 heteroatoms. The molecule has 1 heterocycles. The molecule has 1 aromatic heterocycles. The zero-order valence-corrected chi connectivity index (χ0v) is 11.6. The normalized spacial score (nSPS) is 10.8. The van der Waals surface area contributed by atoms with Gasteiger partial charge in [-0.2, -0.15) is 4.98 Å². The van der Waals surface area contributed by atoms with Crippen LogP contribution in [0, 0.1) is 0 Å². The van der Waals surface area contributed by atoms with Crippen LogP contribution >= 0.6 is 23.4 Å². The third-order valence-electron chi connectivity index (χ3n) is 2.20. The van der Waals surface area contributed by atoms with E-state index in [4.69, 9.17) is 16.1 Å². The summed E-state index contributed by atoms with van der Waals surface area (Å²) >= 11 is 7.55. The highest BCUT2D eigenvalue weighted by Gasteiger charge is 2.06. The van der Waals surface area contributed by atoms with Gasteiger partial charge in [0.25, 0.3) is 0 Å². The first-order valence-corrected chi connectivity index (χ1v) is 7.05. The van der Waals surface area contributed by atoms with Gasteiger partial charge in [-0.05, 0) is 24.7 Å². The average molecular weight is 284 g/mol. The average Bonchev–Trinajstić information content (AvgIpc) is 2.82. The van der Waals surface area contributed by atoms with Gasteiger partial charge < -0.3 is 9.84 Å². The fraction of sp³-hybridized carbons (Fsp3) is 0.333. The van der Waals surface area contributed by atoms with E-state index in [1.54, 1.807) is 11.8 Å². The van der Waals surface area contributed by atoms with Crippen molar-refractivity contribution in [2.45, 2.75) is 24.1 Å². The first-order chi connectivity index (χ1) is 8.78. The highest BCUT2D eigenvalue weighted by Crippen LogP contribution is 2.24. The van der Waals surface area contributed by atoms with Gasteiger partial charge in [0.05, 0.1) is 12.3 Å². The van der Waals surface area contributed by atoms with E-state index in [0.717, 1.165) is 16.5 Å². The Labute approximate surface area is 115 Å². The molecule has 4 nitrogen and oxygen atoms in total. The lowest BCUT2D eigenvalue weighted by Gasteiger charge is -1.98. The minimum absolute atomic E-state index is 0.616. The molecule has 0 spiro atoms. The molecule has 0 amide bonds. The summed E-state index contributed by atoms with van der Waals surface area (Å²) in [6.07, 6.45) is 0. The van der Waals surface area contributed by atoms with Gasteiger partial charge in [0.1, 0.15) is 0 Å². The van der Waals surface area contributed by atoms with Crippen molar-refractivity contribution in [3.8, 4) is 0 Å². The highest BCUT2D eigenvalue weighted by molar-refractivity contribution is 7.98. The number of benzene rings is 1. The summed E-state index contributed by atoms with van der Waals surface area (Å²) in [5.41, 5.74) is 0. The molecule has 0 atom stereocenters. The lowest BCUT2D eigenvalue weighted by atomic mass is 10.4. The van der Waals surface area contributed by atoms with Crippen LogP contribution in [0.1, 0.15) is 18.6 Å². The minimum Gasteiger partial charge on any atom is -0.338 e. The van der Waals surface area contributed by atoms with E-state index in [1.807, 2.05) is 31.2 Å². The fourth-order valence-corrected chi connectivity index (χ4v) is 2.41. The molecule has 1 N–H and O–H groups in total. The maximum atomic E-state index is 5.92. The summed E-state index contributed by atoms with van der Waals surface area (Å²) < 4.78 is 5.12.